The van der Waals surface area contributed by atoms with Crippen molar-refractivity contribution in [2.45, 2.75) is 38.3 Å². The van der Waals surface area contributed by atoms with Gasteiger partial charge in [0.15, 0.2) is 0 Å². The van der Waals surface area contributed by atoms with Gasteiger partial charge in [-0.15, -0.1) is 0 Å². The molecule has 1 aliphatic carbocycles. The number of nitrogens with one attached hydrogen (secondary N) is 1. The first-order chi connectivity index (χ1) is 12.6. The van der Waals surface area contributed by atoms with Crippen molar-refractivity contribution >= 4 is 11.9 Å². The first-order valence-corrected chi connectivity index (χ1v) is 9.63. The number of hydrogen-bond donors (Lipinski definition) is 2. The van der Waals surface area contributed by atoms with Gasteiger partial charge in [0.05, 0.1) is 0 Å². The Balaban J connectivity index is 1.45. The van der Waals surface area contributed by atoms with Crippen LogP contribution in [0.5, 0.6) is 0 Å². The molecule has 1 aliphatic heterocycles. The van der Waals surface area contributed by atoms with Gasteiger partial charge in [-0.25, -0.2) is 4.79 Å². The number of likely N-dealkylation sites (tertiary alicyclic amines) is 1. The summed E-state index contributed by atoms with van der Waals surface area (Å²) < 4.78 is 0. The minimum absolute atomic E-state index is 0.00807. The van der Waals surface area contributed by atoms with Crippen molar-refractivity contribution in [2.24, 2.45) is 17.6 Å². The smallest absolute Gasteiger partial charge is 0.320 e. The van der Waals surface area contributed by atoms with E-state index >= 15 is 0 Å². The Labute approximate surface area is 155 Å². The van der Waals surface area contributed by atoms with Crippen LogP contribution >= 0.6 is 0 Å². The third-order valence-electron chi connectivity index (χ3n) is 5.50. The molecule has 3 N–H and O–H groups in total. The SMILES string of the molecule is CN(Cc1ccccc1)C(=O)N1CCC(C(=O)NC(CN)C2CC2)CC1. The Morgan fingerprint density at radius 3 is 2.42 bits per heavy atom. The van der Waals surface area contributed by atoms with Gasteiger partial charge in [-0.2, -0.15) is 0 Å². The second kappa shape index (κ2) is 8.54. The average molecular weight is 358 g/mol. The zero-order chi connectivity index (χ0) is 18.5. The highest BCUT2D eigenvalue weighted by atomic mass is 16.2. The second-order valence-corrected chi connectivity index (χ2v) is 7.57. The number of benzene rings is 1. The number of piperidine rings is 1. The average Bonchev–Trinajstić information content (AvgIpc) is 3.51. The lowest BCUT2D eigenvalue weighted by Crippen LogP contribution is -2.49. The lowest BCUT2D eigenvalue weighted by molar-refractivity contribution is -0.127. The van der Waals surface area contributed by atoms with Crippen LogP contribution in [-0.2, 0) is 11.3 Å². The number of rotatable bonds is 6. The molecule has 142 valence electrons. The number of carbonyl (C=O) groups is 2. The molecule has 0 radical (unpaired) electrons. The summed E-state index contributed by atoms with van der Waals surface area (Å²) in [4.78, 5) is 28.7. The molecule has 1 unspecified atom stereocenters. The molecule has 1 saturated heterocycles. The zero-order valence-corrected chi connectivity index (χ0v) is 15.6. The molecule has 1 heterocycles. The Morgan fingerprint density at radius 2 is 1.85 bits per heavy atom. The van der Waals surface area contributed by atoms with Gasteiger partial charge in [0.1, 0.15) is 0 Å². The Hall–Kier alpha value is -2.08. The monoisotopic (exact) mass is 358 g/mol. The maximum Gasteiger partial charge on any atom is 0.320 e. The maximum atomic E-state index is 12.6. The van der Waals surface area contributed by atoms with Crippen molar-refractivity contribution in [3.05, 3.63) is 35.9 Å². The molecular weight excluding hydrogens is 328 g/mol. The van der Waals surface area contributed by atoms with Gasteiger partial charge in [-0.05, 0) is 37.2 Å². The fourth-order valence-corrected chi connectivity index (χ4v) is 3.67. The standard InChI is InChI=1S/C20H30N4O2/c1-23(14-15-5-3-2-4-6-15)20(26)24-11-9-17(10-12-24)19(25)22-18(13-21)16-7-8-16/h2-6,16-18H,7-14,21H2,1H3,(H,22,25). The molecule has 6 heteroatoms. The highest BCUT2D eigenvalue weighted by molar-refractivity contribution is 5.80. The number of urea groups is 1. The molecule has 0 aromatic heterocycles. The third-order valence-corrected chi connectivity index (χ3v) is 5.50. The van der Waals surface area contributed by atoms with Crippen molar-refractivity contribution in [2.75, 3.05) is 26.7 Å². The fraction of sp³-hybridized carbons (Fsp3) is 0.600. The number of carbonyl (C=O) groups excluding carboxylic acids is 2. The summed E-state index contributed by atoms with van der Waals surface area (Å²) in [6.07, 6.45) is 3.78. The van der Waals surface area contributed by atoms with Crippen LogP contribution in [0.25, 0.3) is 0 Å². The minimum Gasteiger partial charge on any atom is -0.352 e. The summed E-state index contributed by atoms with van der Waals surface area (Å²) in [5.74, 6) is 0.667. The molecular formula is C20H30N4O2. The molecule has 1 atom stereocenters. The molecule has 1 saturated carbocycles. The Morgan fingerprint density at radius 1 is 1.19 bits per heavy atom. The first kappa shape index (κ1) is 18.7. The molecule has 3 amide bonds. The van der Waals surface area contributed by atoms with E-state index in [0.717, 1.165) is 18.4 Å². The van der Waals surface area contributed by atoms with E-state index in [-0.39, 0.29) is 23.9 Å². The van der Waals surface area contributed by atoms with Crippen LogP contribution in [0, 0.1) is 11.8 Å². The van der Waals surface area contributed by atoms with Crippen molar-refractivity contribution in [3.8, 4) is 0 Å². The first-order valence-electron chi connectivity index (χ1n) is 9.63. The van der Waals surface area contributed by atoms with Gasteiger partial charge in [-0.3, -0.25) is 4.79 Å². The van der Waals surface area contributed by atoms with Crippen molar-refractivity contribution in [1.82, 2.24) is 15.1 Å². The van der Waals surface area contributed by atoms with Gasteiger partial charge < -0.3 is 20.9 Å². The van der Waals surface area contributed by atoms with Crippen LogP contribution in [0.2, 0.25) is 0 Å². The minimum atomic E-state index is -0.00807. The summed E-state index contributed by atoms with van der Waals surface area (Å²) in [7, 11) is 1.83. The maximum absolute atomic E-state index is 12.6. The number of nitrogens with two attached hydrogens (primary N) is 1. The normalized spacial score (nSPS) is 19.1. The molecule has 26 heavy (non-hydrogen) atoms. The van der Waals surface area contributed by atoms with E-state index < -0.39 is 0 Å². The Bertz CT molecular complexity index is 609. The fourth-order valence-electron chi connectivity index (χ4n) is 3.67. The summed E-state index contributed by atoms with van der Waals surface area (Å²) in [6.45, 7) is 2.37. The van der Waals surface area contributed by atoms with Crippen LogP contribution in [0.3, 0.4) is 0 Å². The van der Waals surface area contributed by atoms with E-state index in [9.17, 15) is 9.59 Å². The van der Waals surface area contributed by atoms with Crippen LogP contribution in [0.1, 0.15) is 31.2 Å². The summed E-state index contributed by atoms with van der Waals surface area (Å²) in [5.41, 5.74) is 6.89. The number of amides is 3. The van der Waals surface area contributed by atoms with E-state index in [2.05, 4.69) is 5.32 Å². The van der Waals surface area contributed by atoms with Crippen molar-refractivity contribution in [1.29, 1.82) is 0 Å². The molecule has 0 spiro atoms. The van der Waals surface area contributed by atoms with E-state index in [1.54, 1.807) is 4.90 Å². The van der Waals surface area contributed by atoms with Crippen LogP contribution in [0.15, 0.2) is 30.3 Å². The van der Waals surface area contributed by atoms with Gasteiger partial charge in [0, 0.05) is 45.2 Å². The number of nitrogens with zero attached hydrogens (tertiary/aromatic N) is 2. The van der Waals surface area contributed by atoms with Crippen LogP contribution in [-0.4, -0.2) is 54.5 Å². The number of hydrogen-bond acceptors (Lipinski definition) is 3. The molecule has 3 rings (SSSR count). The lowest BCUT2D eigenvalue weighted by atomic mass is 9.95. The quantitative estimate of drug-likeness (QED) is 0.814. The topological polar surface area (TPSA) is 78.7 Å². The molecule has 2 fully saturated rings. The third kappa shape index (κ3) is 4.75. The predicted octanol–water partition coefficient (Wildman–Crippen LogP) is 1.80. The summed E-state index contributed by atoms with van der Waals surface area (Å²) >= 11 is 0. The van der Waals surface area contributed by atoms with E-state index in [1.807, 2.05) is 42.3 Å². The second-order valence-electron chi connectivity index (χ2n) is 7.57. The van der Waals surface area contributed by atoms with Gasteiger partial charge >= 0.3 is 6.03 Å². The summed E-state index contributed by atoms with van der Waals surface area (Å²) in [6, 6.07) is 10.1. The highest BCUT2D eigenvalue weighted by Gasteiger charge is 2.34. The molecule has 6 nitrogen and oxygen atoms in total. The van der Waals surface area contributed by atoms with E-state index in [4.69, 9.17) is 5.73 Å². The van der Waals surface area contributed by atoms with Crippen molar-refractivity contribution in [3.63, 3.8) is 0 Å². The zero-order valence-electron chi connectivity index (χ0n) is 15.6. The van der Waals surface area contributed by atoms with Crippen LogP contribution < -0.4 is 11.1 Å². The summed E-state index contributed by atoms with van der Waals surface area (Å²) in [5, 5.41) is 3.12. The molecule has 1 aromatic carbocycles. The van der Waals surface area contributed by atoms with Crippen LogP contribution in [0.4, 0.5) is 4.79 Å². The largest absolute Gasteiger partial charge is 0.352 e. The van der Waals surface area contributed by atoms with Gasteiger partial charge in [0.2, 0.25) is 5.91 Å². The van der Waals surface area contributed by atoms with Gasteiger partial charge in [0.25, 0.3) is 0 Å². The van der Waals surface area contributed by atoms with E-state index in [0.29, 0.717) is 32.1 Å². The van der Waals surface area contributed by atoms with Crippen molar-refractivity contribution < 1.29 is 9.59 Å². The van der Waals surface area contributed by atoms with Gasteiger partial charge in [-0.1, -0.05) is 30.3 Å². The molecule has 2 aliphatic rings. The molecule has 1 aromatic rings. The highest BCUT2D eigenvalue weighted by Crippen LogP contribution is 2.32. The van der Waals surface area contributed by atoms with E-state index in [1.165, 1.54) is 12.8 Å². The lowest BCUT2D eigenvalue weighted by Gasteiger charge is -2.34. The Kier molecular flexibility index (Phi) is 6.14. The predicted molar refractivity (Wildman–Crippen MR) is 101 cm³/mol. The molecule has 0 bridgehead atoms.